The Morgan fingerprint density at radius 2 is 1.84 bits per heavy atom. The van der Waals surface area contributed by atoms with Crippen molar-refractivity contribution in [1.82, 2.24) is 0 Å². The van der Waals surface area contributed by atoms with Gasteiger partial charge in [0.15, 0.2) is 0 Å². The van der Waals surface area contributed by atoms with E-state index in [1.54, 1.807) is 0 Å². The molecule has 0 spiro atoms. The molecule has 0 aliphatic heterocycles. The van der Waals surface area contributed by atoms with Crippen LogP contribution in [-0.2, 0) is 19.1 Å². The largest absolute Gasteiger partial charge is 0.424 e. The molecule has 8 heteroatoms. The van der Waals surface area contributed by atoms with Crippen molar-refractivity contribution in [3.05, 3.63) is 34.4 Å². The third-order valence-electron chi connectivity index (χ3n) is 2.36. The van der Waals surface area contributed by atoms with E-state index in [0.717, 1.165) is 19.9 Å². The van der Waals surface area contributed by atoms with Gasteiger partial charge in [0.05, 0.1) is 0 Å². The molecule has 0 aromatic rings. The number of nitrogens with zero attached hydrogens (tertiary/aromatic N) is 1. The summed E-state index contributed by atoms with van der Waals surface area (Å²) in [7, 11) is 0. The van der Waals surface area contributed by atoms with Crippen LogP contribution in [0.5, 0.6) is 0 Å². The average Bonchev–Trinajstić information content (AvgIpc) is 2.27. The van der Waals surface area contributed by atoms with Crippen LogP contribution < -0.4 is 0 Å². The van der Waals surface area contributed by atoms with Crippen molar-refractivity contribution in [3.8, 4) is 0 Å². The Bertz CT molecular complexity index is 444. The summed E-state index contributed by atoms with van der Waals surface area (Å²) < 4.78 is 9.58. The number of halogens is 1. The molecule has 0 heterocycles. The number of nitro groups is 1. The summed E-state index contributed by atoms with van der Waals surface area (Å²) in [5.41, 5.74) is 0. The first-order chi connectivity index (χ1) is 8.77. The zero-order chi connectivity index (χ0) is 14.6. The third kappa shape index (κ3) is 3.54. The molecular formula is C11H12ClNO6. The van der Waals surface area contributed by atoms with Gasteiger partial charge in [-0.1, -0.05) is 18.2 Å². The molecule has 0 aromatic carbocycles. The first-order valence-electron chi connectivity index (χ1n) is 5.31. The molecule has 0 bridgehead atoms. The minimum atomic E-state index is -2.04. The average molecular weight is 290 g/mol. The molecule has 2 unspecified atom stereocenters. The number of allylic oxidation sites excluding steroid dienone is 2. The van der Waals surface area contributed by atoms with E-state index in [2.05, 4.69) is 0 Å². The van der Waals surface area contributed by atoms with Gasteiger partial charge in [0, 0.05) is 24.8 Å². The number of carbonyl (C=O) groups is 2. The number of carbonyl (C=O) groups excluding carboxylic acids is 2. The van der Waals surface area contributed by atoms with Crippen molar-refractivity contribution in [3.63, 3.8) is 0 Å². The summed E-state index contributed by atoms with van der Waals surface area (Å²) in [6.07, 6.45) is 3.92. The van der Waals surface area contributed by atoms with Crippen LogP contribution in [0.15, 0.2) is 24.3 Å². The SMILES string of the molecule is CC(=O)OC(OC(C)=O)C1C=CC=CC1(Cl)[N+](=O)[O-]. The lowest BCUT2D eigenvalue weighted by Crippen LogP contribution is -2.47. The zero-order valence-electron chi connectivity index (χ0n) is 10.2. The van der Waals surface area contributed by atoms with Crippen molar-refractivity contribution in [2.24, 2.45) is 5.92 Å². The molecule has 7 nitrogen and oxygen atoms in total. The quantitative estimate of drug-likeness (QED) is 0.194. The lowest BCUT2D eigenvalue weighted by Gasteiger charge is -2.30. The highest BCUT2D eigenvalue weighted by Gasteiger charge is 2.52. The molecular weight excluding hydrogens is 278 g/mol. The van der Waals surface area contributed by atoms with E-state index in [4.69, 9.17) is 21.1 Å². The van der Waals surface area contributed by atoms with Crippen LogP contribution in [-0.4, -0.2) is 28.2 Å². The Labute approximate surface area is 114 Å². The number of hydrogen-bond acceptors (Lipinski definition) is 6. The first kappa shape index (κ1) is 15.2. The first-order valence-corrected chi connectivity index (χ1v) is 5.69. The van der Waals surface area contributed by atoms with E-state index in [1.807, 2.05) is 0 Å². The topological polar surface area (TPSA) is 95.7 Å². The molecule has 0 radical (unpaired) electrons. The summed E-state index contributed by atoms with van der Waals surface area (Å²) in [5, 5.41) is 11.1. The maximum atomic E-state index is 11.1. The second kappa shape index (κ2) is 5.83. The van der Waals surface area contributed by atoms with Gasteiger partial charge in [-0.3, -0.25) is 19.7 Å². The van der Waals surface area contributed by atoms with E-state index < -0.39 is 34.1 Å². The van der Waals surface area contributed by atoms with Gasteiger partial charge in [0.25, 0.3) is 6.29 Å². The molecule has 1 aliphatic rings. The van der Waals surface area contributed by atoms with Crippen LogP contribution in [0.25, 0.3) is 0 Å². The molecule has 2 atom stereocenters. The van der Waals surface area contributed by atoms with Crippen LogP contribution >= 0.6 is 11.6 Å². The van der Waals surface area contributed by atoms with Crippen LogP contribution in [0.1, 0.15) is 13.8 Å². The van der Waals surface area contributed by atoms with E-state index >= 15 is 0 Å². The molecule has 1 rings (SSSR count). The molecule has 0 saturated heterocycles. The Morgan fingerprint density at radius 3 is 2.26 bits per heavy atom. The summed E-state index contributed by atoms with van der Waals surface area (Å²) in [6, 6.07) is 0. The number of hydrogen-bond donors (Lipinski definition) is 0. The van der Waals surface area contributed by atoms with E-state index in [1.165, 1.54) is 18.2 Å². The van der Waals surface area contributed by atoms with E-state index in [-0.39, 0.29) is 0 Å². The summed E-state index contributed by atoms with van der Waals surface area (Å²) in [4.78, 5) is 30.3. The minimum Gasteiger partial charge on any atom is -0.424 e. The number of ether oxygens (including phenoxy) is 2. The van der Waals surface area contributed by atoms with Crippen LogP contribution in [0.3, 0.4) is 0 Å². The van der Waals surface area contributed by atoms with Gasteiger partial charge in [-0.05, 0) is 11.6 Å². The van der Waals surface area contributed by atoms with Crippen LogP contribution in [0.4, 0.5) is 0 Å². The molecule has 0 amide bonds. The Morgan fingerprint density at radius 1 is 1.32 bits per heavy atom. The minimum absolute atomic E-state index is 0.737. The normalized spacial score (nSPS) is 25.2. The fourth-order valence-corrected chi connectivity index (χ4v) is 1.83. The Balaban J connectivity index is 3.07. The fourth-order valence-electron chi connectivity index (χ4n) is 1.58. The Hall–Kier alpha value is -1.89. The van der Waals surface area contributed by atoms with Crippen molar-refractivity contribution >= 4 is 23.5 Å². The molecule has 0 saturated carbocycles. The van der Waals surface area contributed by atoms with E-state index in [0.29, 0.717) is 0 Å². The van der Waals surface area contributed by atoms with Gasteiger partial charge in [0.1, 0.15) is 5.92 Å². The molecule has 19 heavy (non-hydrogen) atoms. The maximum absolute atomic E-state index is 11.1. The van der Waals surface area contributed by atoms with Crippen LogP contribution in [0.2, 0.25) is 0 Å². The predicted octanol–water partition coefficient (Wildman–Crippen LogP) is 1.39. The van der Waals surface area contributed by atoms with Gasteiger partial charge in [-0.2, -0.15) is 0 Å². The molecule has 1 aliphatic carbocycles. The van der Waals surface area contributed by atoms with Crippen molar-refractivity contribution in [2.75, 3.05) is 0 Å². The maximum Gasteiger partial charge on any atom is 0.327 e. The van der Waals surface area contributed by atoms with E-state index in [9.17, 15) is 19.7 Å². The monoisotopic (exact) mass is 289 g/mol. The highest BCUT2D eigenvalue weighted by Crippen LogP contribution is 2.36. The van der Waals surface area contributed by atoms with Crippen molar-refractivity contribution < 1.29 is 24.0 Å². The van der Waals surface area contributed by atoms with Crippen molar-refractivity contribution in [2.45, 2.75) is 25.1 Å². The summed E-state index contributed by atoms with van der Waals surface area (Å²) >= 11 is 5.92. The Kier molecular flexibility index (Phi) is 4.66. The standard InChI is InChI=1S/C11H12ClNO6/c1-7(14)18-10(19-8(2)15)9-5-3-4-6-11(9,12)13(16)17/h3-6,9-10H,1-2H3. The molecule has 104 valence electrons. The second-order valence-corrected chi connectivity index (χ2v) is 4.45. The van der Waals surface area contributed by atoms with Gasteiger partial charge in [-0.25, -0.2) is 0 Å². The van der Waals surface area contributed by atoms with Crippen molar-refractivity contribution in [1.29, 1.82) is 0 Å². The predicted molar refractivity (Wildman–Crippen MR) is 64.7 cm³/mol. The number of alkyl halides is 1. The van der Waals surface area contributed by atoms with Crippen LogP contribution in [0, 0.1) is 16.0 Å². The molecule has 0 N–H and O–H groups in total. The van der Waals surface area contributed by atoms with Gasteiger partial charge < -0.3 is 9.47 Å². The molecule has 0 aromatic heterocycles. The summed E-state index contributed by atoms with van der Waals surface area (Å²) in [6.45, 7) is 2.20. The number of rotatable bonds is 4. The second-order valence-electron chi connectivity index (χ2n) is 3.84. The van der Waals surface area contributed by atoms with Gasteiger partial charge >= 0.3 is 16.9 Å². The third-order valence-corrected chi connectivity index (χ3v) is 2.88. The lowest BCUT2D eigenvalue weighted by atomic mass is 9.94. The highest BCUT2D eigenvalue weighted by molar-refractivity contribution is 6.24. The summed E-state index contributed by atoms with van der Waals surface area (Å²) in [5.74, 6) is -2.60. The highest BCUT2D eigenvalue weighted by atomic mass is 35.5. The van der Waals surface area contributed by atoms with Gasteiger partial charge in [-0.15, -0.1) is 0 Å². The zero-order valence-corrected chi connectivity index (χ0v) is 11.0. The fraction of sp³-hybridized carbons (Fsp3) is 0.455. The lowest BCUT2D eigenvalue weighted by molar-refractivity contribution is -0.540. The smallest absolute Gasteiger partial charge is 0.327 e. The van der Waals surface area contributed by atoms with Gasteiger partial charge in [0.2, 0.25) is 0 Å². The number of esters is 2. The molecule has 0 fully saturated rings.